The lowest BCUT2D eigenvalue weighted by Gasteiger charge is -2.06. The summed E-state index contributed by atoms with van der Waals surface area (Å²) in [6.07, 6.45) is 3.95. The molecule has 1 aromatic rings. The predicted octanol–water partition coefficient (Wildman–Crippen LogP) is -0.263. The highest BCUT2D eigenvalue weighted by Crippen LogP contribution is 1.86. The van der Waals surface area contributed by atoms with E-state index in [1.807, 2.05) is 19.2 Å². The van der Waals surface area contributed by atoms with Crippen molar-refractivity contribution in [2.75, 3.05) is 6.54 Å². The van der Waals surface area contributed by atoms with E-state index in [1.54, 1.807) is 10.9 Å². The van der Waals surface area contributed by atoms with Crippen molar-refractivity contribution in [2.24, 2.45) is 5.73 Å². The Balaban J connectivity index is 2.12. The van der Waals surface area contributed by atoms with Gasteiger partial charge in [0.05, 0.1) is 6.54 Å². The van der Waals surface area contributed by atoms with Crippen LogP contribution in [0.3, 0.4) is 0 Å². The van der Waals surface area contributed by atoms with E-state index in [2.05, 4.69) is 10.4 Å². The normalized spacial score (nSPS) is 12.4. The minimum absolute atomic E-state index is 0.00726. The molecule has 1 heterocycles. The summed E-state index contributed by atoms with van der Waals surface area (Å²) in [6, 6.07) is 1.77. The highest BCUT2D eigenvalue weighted by molar-refractivity contribution is 5.76. The molecule has 0 spiro atoms. The molecule has 1 aromatic heterocycles. The average Bonchev–Trinajstić information content (AvgIpc) is 2.55. The number of hydrogen-bond donors (Lipinski definition) is 2. The zero-order valence-corrected chi connectivity index (χ0v) is 8.31. The summed E-state index contributed by atoms with van der Waals surface area (Å²) in [6.45, 7) is 3.10. The molecule has 0 aliphatic rings. The van der Waals surface area contributed by atoms with Crippen LogP contribution in [0.5, 0.6) is 0 Å². The van der Waals surface area contributed by atoms with E-state index in [0.717, 1.165) is 0 Å². The smallest absolute Gasteiger partial charge is 0.221 e. The maximum Gasteiger partial charge on any atom is 0.221 e. The van der Waals surface area contributed by atoms with Gasteiger partial charge in [0.25, 0.3) is 0 Å². The Bertz CT molecular complexity index is 268. The Morgan fingerprint density at radius 1 is 1.71 bits per heavy atom. The van der Waals surface area contributed by atoms with Crippen LogP contribution in [0.25, 0.3) is 0 Å². The van der Waals surface area contributed by atoms with Gasteiger partial charge in [0.2, 0.25) is 5.91 Å². The molecule has 0 aliphatic carbocycles. The van der Waals surface area contributed by atoms with E-state index in [4.69, 9.17) is 5.73 Å². The van der Waals surface area contributed by atoms with Crippen LogP contribution in [-0.2, 0) is 11.3 Å². The van der Waals surface area contributed by atoms with E-state index >= 15 is 0 Å². The van der Waals surface area contributed by atoms with Crippen LogP contribution in [0.15, 0.2) is 18.5 Å². The van der Waals surface area contributed by atoms with Gasteiger partial charge in [-0.1, -0.05) is 0 Å². The van der Waals surface area contributed by atoms with E-state index in [9.17, 15) is 4.79 Å². The second-order valence-electron chi connectivity index (χ2n) is 3.30. The summed E-state index contributed by atoms with van der Waals surface area (Å²) in [4.78, 5) is 11.2. The van der Waals surface area contributed by atoms with Crippen LogP contribution in [-0.4, -0.2) is 28.3 Å². The van der Waals surface area contributed by atoms with E-state index in [1.165, 1.54) is 0 Å². The number of carbonyl (C=O) groups is 1. The Morgan fingerprint density at radius 3 is 3.07 bits per heavy atom. The van der Waals surface area contributed by atoms with Crippen LogP contribution < -0.4 is 11.1 Å². The Labute approximate surface area is 83.3 Å². The molecule has 0 saturated heterocycles. The number of nitrogens with one attached hydrogen (secondary N) is 1. The number of nitrogens with two attached hydrogens (primary N) is 1. The van der Waals surface area contributed by atoms with Crippen molar-refractivity contribution in [3.8, 4) is 0 Å². The fourth-order valence-corrected chi connectivity index (χ4v) is 1.11. The molecule has 78 valence electrons. The number of nitrogens with zero attached hydrogens (tertiary/aromatic N) is 2. The molecule has 0 bridgehead atoms. The van der Waals surface area contributed by atoms with Crippen molar-refractivity contribution in [1.29, 1.82) is 0 Å². The van der Waals surface area contributed by atoms with Gasteiger partial charge >= 0.3 is 0 Å². The van der Waals surface area contributed by atoms with Crippen LogP contribution in [0.2, 0.25) is 0 Å². The van der Waals surface area contributed by atoms with Gasteiger partial charge in [0.15, 0.2) is 0 Å². The van der Waals surface area contributed by atoms with Gasteiger partial charge in [-0.25, -0.2) is 0 Å². The van der Waals surface area contributed by atoms with Gasteiger partial charge in [0, 0.05) is 31.4 Å². The van der Waals surface area contributed by atoms with E-state index < -0.39 is 0 Å². The molecule has 1 rings (SSSR count). The highest BCUT2D eigenvalue weighted by atomic mass is 16.1. The molecule has 5 heteroatoms. The lowest BCUT2D eigenvalue weighted by atomic mass is 10.2. The lowest BCUT2D eigenvalue weighted by molar-refractivity contribution is -0.121. The molecular weight excluding hydrogens is 180 g/mol. The van der Waals surface area contributed by atoms with Crippen LogP contribution in [0, 0.1) is 0 Å². The Hall–Kier alpha value is -1.36. The molecule has 5 nitrogen and oxygen atoms in total. The fourth-order valence-electron chi connectivity index (χ4n) is 1.11. The molecule has 0 saturated carbocycles. The summed E-state index contributed by atoms with van der Waals surface area (Å²) in [7, 11) is 0. The average molecular weight is 196 g/mol. The zero-order chi connectivity index (χ0) is 10.4. The van der Waals surface area contributed by atoms with Gasteiger partial charge in [0.1, 0.15) is 0 Å². The largest absolute Gasteiger partial charge is 0.354 e. The third-order valence-corrected chi connectivity index (χ3v) is 1.73. The first kappa shape index (κ1) is 10.7. The van der Waals surface area contributed by atoms with Crippen molar-refractivity contribution in [3.63, 3.8) is 0 Å². The second kappa shape index (κ2) is 5.39. The topological polar surface area (TPSA) is 72.9 Å². The van der Waals surface area contributed by atoms with Gasteiger partial charge < -0.3 is 11.1 Å². The summed E-state index contributed by atoms with van der Waals surface area (Å²) < 4.78 is 1.77. The van der Waals surface area contributed by atoms with Crippen molar-refractivity contribution in [1.82, 2.24) is 15.1 Å². The van der Waals surface area contributed by atoms with Gasteiger partial charge in [-0.3, -0.25) is 9.48 Å². The first-order chi connectivity index (χ1) is 6.68. The maximum atomic E-state index is 11.2. The molecule has 1 atom stereocenters. The molecular formula is C9H16N4O. The molecule has 0 aliphatic heterocycles. The maximum absolute atomic E-state index is 11.2. The number of hydrogen-bond acceptors (Lipinski definition) is 3. The molecule has 3 N–H and O–H groups in total. The number of carbonyl (C=O) groups excluding carboxylic acids is 1. The highest BCUT2D eigenvalue weighted by Gasteiger charge is 2.03. The minimum Gasteiger partial charge on any atom is -0.354 e. The summed E-state index contributed by atoms with van der Waals surface area (Å²) in [5.41, 5.74) is 5.48. The third kappa shape index (κ3) is 4.04. The van der Waals surface area contributed by atoms with Crippen molar-refractivity contribution < 1.29 is 4.79 Å². The molecule has 0 fully saturated rings. The minimum atomic E-state index is -0.0836. The van der Waals surface area contributed by atoms with Gasteiger partial charge in [-0.2, -0.15) is 5.10 Å². The summed E-state index contributed by atoms with van der Waals surface area (Å²) in [5.74, 6) is -0.00726. The van der Waals surface area contributed by atoms with Gasteiger partial charge in [-0.15, -0.1) is 0 Å². The van der Waals surface area contributed by atoms with Crippen molar-refractivity contribution in [3.05, 3.63) is 18.5 Å². The van der Waals surface area contributed by atoms with Crippen LogP contribution in [0.1, 0.15) is 13.3 Å². The third-order valence-electron chi connectivity index (χ3n) is 1.73. The second-order valence-corrected chi connectivity index (χ2v) is 3.30. The number of aromatic nitrogens is 2. The zero-order valence-electron chi connectivity index (χ0n) is 8.31. The molecule has 1 amide bonds. The Morgan fingerprint density at radius 2 is 2.50 bits per heavy atom. The van der Waals surface area contributed by atoms with Crippen molar-refractivity contribution in [2.45, 2.75) is 25.9 Å². The molecule has 14 heavy (non-hydrogen) atoms. The SMILES string of the molecule is CC(N)CC(=O)NCCn1cccn1. The molecule has 1 unspecified atom stereocenters. The first-order valence-electron chi connectivity index (χ1n) is 4.68. The first-order valence-corrected chi connectivity index (χ1v) is 4.68. The standard InChI is InChI=1S/C9H16N4O/c1-8(10)7-9(14)11-4-6-13-5-2-3-12-13/h2-3,5,8H,4,6-7,10H2,1H3,(H,11,14). The molecule has 0 aromatic carbocycles. The Kier molecular flexibility index (Phi) is 4.12. The van der Waals surface area contributed by atoms with Crippen molar-refractivity contribution >= 4 is 5.91 Å². The monoisotopic (exact) mass is 196 g/mol. The van der Waals surface area contributed by atoms with E-state index in [-0.39, 0.29) is 11.9 Å². The fraction of sp³-hybridized carbons (Fsp3) is 0.556. The lowest BCUT2D eigenvalue weighted by Crippen LogP contribution is -2.32. The van der Waals surface area contributed by atoms with Gasteiger partial charge in [-0.05, 0) is 13.0 Å². The number of rotatable bonds is 5. The van der Waals surface area contributed by atoms with E-state index in [0.29, 0.717) is 19.5 Å². The van der Waals surface area contributed by atoms with Crippen LogP contribution in [0.4, 0.5) is 0 Å². The number of amides is 1. The summed E-state index contributed by atoms with van der Waals surface area (Å²) in [5, 5.41) is 6.79. The molecule has 0 radical (unpaired) electrons. The quantitative estimate of drug-likeness (QED) is 0.681. The summed E-state index contributed by atoms with van der Waals surface area (Å²) >= 11 is 0. The predicted molar refractivity (Wildman–Crippen MR) is 53.5 cm³/mol. The van der Waals surface area contributed by atoms with Crippen LogP contribution >= 0.6 is 0 Å².